The molecule has 2 aromatic carbocycles. The number of nitrogens with one attached hydrogen (secondary N) is 1. The van der Waals surface area contributed by atoms with Gasteiger partial charge in [0.1, 0.15) is 17.4 Å². The largest absolute Gasteiger partial charge is 0.508 e. The number of phenolic OH excluding ortho intramolecular Hbond substituents is 1. The summed E-state index contributed by atoms with van der Waals surface area (Å²) >= 11 is 0. The molecule has 2 unspecified atom stereocenters. The van der Waals surface area contributed by atoms with Crippen molar-refractivity contribution in [1.82, 2.24) is 5.32 Å². The number of aromatic hydroxyl groups is 1. The Balaban J connectivity index is 1.81. The molecule has 0 spiro atoms. The molecule has 21 heavy (non-hydrogen) atoms. The van der Waals surface area contributed by atoms with Crippen LogP contribution in [0, 0.1) is 11.6 Å². The van der Waals surface area contributed by atoms with Gasteiger partial charge in [-0.05, 0) is 61.2 Å². The normalized spacial score (nSPS) is 18.5. The summed E-state index contributed by atoms with van der Waals surface area (Å²) in [5.74, 6) is -0.513. The summed E-state index contributed by atoms with van der Waals surface area (Å²) in [7, 11) is 0. The van der Waals surface area contributed by atoms with Crippen molar-refractivity contribution < 1.29 is 13.9 Å². The third-order valence-electron chi connectivity index (χ3n) is 4.08. The van der Waals surface area contributed by atoms with E-state index in [4.69, 9.17) is 0 Å². The molecule has 0 fully saturated rings. The van der Waals surface area contributed by atoms with E-state index in [0.717, 1.165) is 24.0 Å². The van der Waals surface area contributed by atoms with Crippen molar-refractivity contribution in [2.24, 2.45) is 0 Å². The lowest BCUT2D eigenvalue weighted by atomic mass is 10.0. The fourth-order valence-electron chi connectivity index (χ4n) is 3.01. The second-order valence-electron chi connectivity index (χ2n) is 5.53. The van der Waals surface area contributed by atoms with Crippen LogP contribution >= 0.6 is 0 Å². The first-order valence-corrected chi connectivity index (χ1v) is 7.07. The SMILES string of the molecule is CC(NC1CCc2cc(F)ccc21)c1cc(O)ccc1F. The lowest BCUT2D eigenvalue weighted by Crippen LogP contribution is -2.23. The van der Waals surface area contributed by atoms with Gasteiger partial charge in [0.05, 0.1) is 0 Å². The van der Waals surface area contributed by atoms with Crippen LogP contribution in [-0.2, 0) is 6.42 Å². The van der Waals surface area contributed by atoms with Crippen LogP contribution in [0.25, 0.3) is 0 Å². The Labute approximate surface area is 122 Å². The second kappa shape index (κ2) is 5.45. The molecule has 2 N–H and O–H groups in total. The van der Waals surface area contributed by atoms with E-state index in [1.165, 1.54) is 24.3 Å². The topological polar surface area (TPSA) is 32.3 Å². The molecule has 0 bridgehead atoms. The number of aryl methyl sites for hydroxylation is 1. The van der Waals surface area contributed by atoms with Crippen LogP contribution in [-0.4, -0.2) is 5.11 Å². The zero-order chi connectivity index (χ0) is 15.0. The van der Waals surface area contributed by atoms with Gasteiger partial charge in [-0.3, -0.25) is 0 Å². The van der Waals surface area contributed by atoms with Crippen molar-refractivity contribution >= 4 is 0 Å². The van der Waals surface area contributed by atoms with Crippen LogP contribution in [0.5, 0.6) is 5.75 Å². The minimum atomic E-state index is -0.342. The number of phenols is 1. The third kappa shape index (κ3) is 2.76. The van der Waals surface area contributed by atoms with Gasteiger partial charge >= 0.3 is 0 Å². The van der Waals surface area contributed by atoms with Gasteiger partial charge in [-0.1, -0.05) is 6.07 Å². The molecular formula is C17H17F2NO. The van der Waals surface area contributed by atoms with Crippen LogP contribution in [0.3, 0.4) is 0 Å². The van der Waals surface area contributed by atoms with E-state index in [9.17, 15) is 13.9 Å². The van der Waals surface area contributed by atoms with Crippen molar-refractivity contribution in [3.63, 3.8) is 0 Å². The van der Waals surface area contributed by atoms with E-state index in [-0.39, 0.29) is 29.5 Å². The average molecular weight is 289 g/mol. The maximum absolute atomic E-state index is 13.8. The third-order valence-corrected chi connectivity index (χ3v) is 4.08. The minimum Gasteiger partial charge on any atom is -0.508 e. The Bertz CT molecular complexity index is 672. The lowest BCUT2D eigenvalue weighted by molar-refractivity contribution is 0.440. The molecule has 110 valence electrons. The maximum atomic E-state index is 13.8. The first kappa shape index (κ1) is 14.0. The van der Waals surface area contributed by atoms with Gasteiger partial charge in [-0.15, -0.1) is 0 Å². The summed E-state index contributed by atoms with van der Waals surface area (Å²) in [5.41, 5.74) is 2.52. The quantitative estimate of drug-likeness (QED) is 0.895. The molecule has 0 heterocycles. The molecule has 0 saturated heterocycles. The van der Waals surface area contributed by atoms with Crippen LogP contribution in [0.1, 0.15) is 42.1 Å². The molecule has 0 radical (unpaired) electrons. The zero-order valence-electron chi connectivity index (χ0n) is 11.7. The van der Waals surface area contributed by atoms with E-state index in [1.807, 2.05) is 6.92 Å². The Hall–Kier alpha value is -1.94. The highest BCUT2D eigenvalue weighted by Gasteiger charge is 2.25. The summed E-state index contributed by atoms with van der Waals surface area (Å²) in [6.45, 7) is 1.86. The molecule has 0 aliphatic heterocycles. The fraction of sp³-hybridized carbons (Fsp3) is 0.294. The standard InChI is InChI=1S/C17H17F2NO/c1-10(15-9-13(21)4-6-16(15)19)20-17-7-2-11-8-12(18)3-5-14(11)17/h3-6,8-10,17,20-21H,2,7H2,1H3. The molecule has 1 aliphatic carbocycles. The van der Waals surface area contributed by atoms with Gasteiger partial charge in [-0.2, -0.15) is 0 Å². The van der Waals surface area contributed by atoms with E-state index in [2.05, 4.69) is 5.32 Å². The molecule has 4 heteroatoms. The molecular weight excluding hydrogens is 272 g/mol. The molecule has 3 rings (SSSR count). The Morgan fingerprint density at radius 1 is 1.19 bits per heavy atom. The summed E-state index contributed by atoms with van der Waals surface area (Å²) in [6, 6.07) is 8.69. The van der Waals surface area contributed by atoms with Crippen molar-refractivity contribution in [2.75, 3.05) is 0 Å². The van der Waals surface area contributed by atoms with Gasteiger partial charge in [-0.25, -0.2) is 8.78 Å². The Morgan fingerprint density at radius 3 is 2.81 bits per heavy atom. The van der Waals surface area contributed by atoms with Gasteiger partial charge in [0.15, 0.2) is 0 Å². The molecule has 1 aliphatic rings. The summed E-state index contributed by atoms with van der Waals surface area (Å²) < 4.78 is 27.1. The van der Waals surface area contributed by atoms with Gasteiger partial charge in [0.2, 0.25) is 0 Å². The summed E-state index contributed by atoms with van der Waals surface area (Å²) in [4.78, 5) is 0. The average Bonchev–Trinajstić information content (AvgIpc) is 2.83. The number of halogens is 2. The highest BCUT2D eigenvalue weighted by atomic mass is 19.1. The molecule has 0 amide bonds. The molecule has 0 saturated carbocycles. The van der Waals surface area contributed by atoms with Crippen molar-refractivity contribution in [2.45, 2.75) is 31.8 Å². The summed E-state index contributed by atoms with van der Waals surface area (Å²) in [6.07, 6.45) is 1.68. The van der Waals surface area contributed by atoms with Crippen LogP contribution in [0.4, 0.5) is 8.78 Å². The number of fused-ring (bicyclic) bond motifs is 1. The first-order valence-electron chi connectivity index (χ1n) is 7.07. The zero-order valence-corrected chi connectivity index (χ0v) is 11.7. The molecule has 0 aromatic heterocycles. The van der Waals surface area contributed by atoms with Gasteiger partial charge in [0, 0.05) is 17.6 Å². The van der Waals surface area contributed by atoms with Crippen molar-refractivity contribution in [1.29, 1.82) is 0 Å². The van der Waals surface area contributed by atoms with Crippen LogP contribution in [0.2, 0.25) is 0 Å². The second-order valence-corrected chi connectivity index (χ2v) is 5.53. The molecule has 2 aromatic rings. The van der Waals surface area contributed by atoms with E-state index < -0.39 is 0 Å². The first-order chi connectivity index (χ1) is 10.0. The molecule has 2 nitrogen and oxygen atoms in total. The van der Waals surface area contributed by atoms with Gasteiger partial charge < -0.3 is 10.4 Å². The number of benzene rings is 2. The minimum absolute atomic E-state index is 0.0499. The number of hydrogen-bond donors (Lipinski definition) is 2. The predicted molar refractivity (Wildman–Crippen MR) is 77.1 cm³/mol. The fourth-order valence-corrected chi connectivity index (χ4v) is 3.01. The lowest BCUT2D eigenvalue weighted by Gasteiger charge is -2.21. The Morgan fingerprint density at radius 2 is 2.00 bits per heavy atom. The van der Waals surface area contributed by atoms with Gasteiger partial charge in [0.25, 0.3) is 0 Å². The highest BCUT2D eigenvalue weighted by Crippen LogP contribution is 2.34. The van der Waals surface area contributed by atoms with Crippen molar-refractivity contribution in [3.8, 4) is 5.75 Å². The summed E-state index contributed by atoms with van der Waals surface area (Å²) in [5, 5.41) is 12.9. The van der Waals surface area contributed by atoms with Crippen molar-refractivity contribution in [3.05, 3.63) is 64.7 Å². The number of hydrogen-bond acceptors (Lipinski definition) is 2. The molecule has 2 atom stereocenters. The van der Waals surface area contributed by atoms with Crippen LogP contribution in [0.15, 0.2) is 36.4 Å². The predicted octanol–water partition coefficient (Wildman–Crippen LogP) is 4.01. The van der Waals surface area contributed by atoms with Crippen LogP contribution < -0.4 is 5.32 Å². The highest BCUT2D eigenvalue weighted by molar-refractivity contribution is 5.36. The van der Waals surface area contributed by atoms with E-state index in [0.29, 0.717) is 5.56 Å². The Kier molecular flexibility index (Phi) is 3.64. The maximum Gasteiger partial charge on any atom is 0.128 e. The smallest absolute Gasteiger partial charge is 0.128 e. The van der Waals surface area contributed by atoms with E-state index >= 15 is 0 Å². The van der Waals surface area contributed by atoms with E-state index in [1.54, 1.807) is 12.1 Å². The number of rotatable bonds is 3. The monoisotopic (exact) mass is 289 g/mol.